The second-order valence-electron chi connectivity index (χ2n) is 4.69. The largest absolute Gasteiger partial charge is 0.388 e. The van der Waals surface area contributed by atoms with Gasteiger partial charge in [0, 0.05) is 5.56 Å². The van der Waals surface area contributed by atoms with Crippen LogP contribution in [0.15, 0.2) is 16.6 Å². The second kappa shape index (κ2) is 5.44. The van der Waals surface area contributed by atoms with Gasteiger partial charge in [-0.1, -0.05) is 25.7 Å². The molecule has 0 aromatic heterocycles. The van der Waals surface area contributed by atoms with E-state index in [4.69, 9.17) is 0 Å². The average molecular weight is 305 g/mol. The summed E-state index contributed by atoms with van der Waals surface area (Å²) < 4.78 is 27.0. The van der Waals surface area contributed by atoms with Crippen LogP contribution in [0.3, 0.4) is 0 Å². The van der Waals surface area contributed by atoms with Crippen molar-refractivity contribution in [3.8, 4) is 0 Å². The number of hydrogen-bond acceptors (Lipinski definition) is 1. The van der Waals surface area contributed by atoms with E-state index >= 15 is 0 Å². The summed E-state index contributed by atoms with van der Waals surface area (Å²) in [5.74, 6) is -0.647. The molecule has 1 aliphatic carbocycles. The molecule has 1 aromatic carbocycles. The number of hydrogen-bond donors (Lipinski definition) is 1. The molecule has 4 heteroatoms. The molecule has 1 N–H and O–H groups in total. The molecular formula is C13H15BrF2O. The molecule has 1 saturated carbocycles. The molecule has 0 aliphatic heterocycles. The lowest BCUT2D eigenvalue weighted by atomic mass is 9.95. The molecule has 0 amide bonds. The van der Waals surface area contributed by atoms with Gasteiger partial charge in [-0.05, 0) is 40.4 Å². The third-order valence-corrected chi connectivity index (χ3v) is 4.04. The fourth-order valence-electron chi connectivity index (χ4n) is 2.48. The number of benzene rings is 1. The first-order valence-electron chi connectivity index (χ1n) is 5.90. The maximum absolute atomic E-state index is 13.6. The van der Waals surface area contributed by atoms with Crippen molar-refractivity contribution in [2.24, 2.45) is 5.92 Å². The van der Waals surface area contributed by atoms with E-state index in [9.17, 15) is 13.9 Å². The van der Waals surface area contributed by atoms with E-state index < -0.39 is 17.7 Å². The van der Waals surface area contributed by atoms with E-state index in [1.807, 2.05) is 0 Å². The highest BCUT2D eigenvalue weighted by atomic mass is 79.9. The van der Waals surface area contributed by atoms with Crippen molar-refractivity contribution in [3.63, 3.8) is 0 Å². The van der Waals surface area contributed by atoms with Crippen molar-refractivity contribution in [2.75, 3.05) is 0 Å². The summed E-state index contributed by atoms with van der Waals surface area (Å²) in [6, 6.07) is 2.15. The Hall–Kier alpha value is -0.480. The first kappa shape index (κ1) is 13.0. The van der Waals surface area contributed by atoms with Crippen LogP contribution in [0.5, 0.6) is 0 Å². The highest BCUT2D eigenvalue weighted by Crippen LogP contribution is 2.34. The van der Waals surface area contributed by atoms with Crippen LogP contribution < -0.4 is 0 Å². The lowest BCUT2D eigenvalue weighted by Gasteiger charge is -2.16. The minimum absolute atomic E-state index is 0.0672. The van der Waals surface area contributed by atoms with E-state index in [0.717, 1.165) is 25.0 Å². The van der Waals surface area contributed by atoms with Crippen LogP contribution in [0.1, 0.15) is 43.8 Å². The van der Waals surface area contributed by atoms with Gasteiger partial charge in [0.1, 0.15) is 11.6 Å². The van der Waals surface area contributed by atoms with Gasteiger partial charge in [0.25, 0.3) is 0 Å². The molecule has 0 spiro atoms. The number of aliphatic hydroxyl groups excluding tert-OH is 1. The van der Waals surface area contributed by atoms with Crippen molar-refractivity contribution in [1.82, 2.24) is 0 Å². The van der Waals surface area contributed by atoms with Gasteiger partial charge >= 0.3 is 0 Å². The molecule has 1 atom stereocenters. The molecule has 1 nitrogen and oxygen atoms in total. The fourth-order valence-corrected chi connectivity index (χ4v) is 2.80. The molecule has 0 bridgehead atoms. The highest BCUT2D eigenvalue weighted by molar-refractivity contribution is 9.10. The summed E-state index contributed by atoms with van der Waals surface area (Å²) in [5.41, 5.74) is 0.0672. The van der Waals surface area contributed by atoms with Crippen LogP contribution in [-0.2, 0) is 0 Å². The summed E-state index contributed by atoms with van der Waals surface area (Å²) in [6.07, 6.45) is 4.14. The minimum atomic E-state index is -0.902. The molecule has 1 aromatic rings. The molecule has 0 saturated heterocycles. The van der Waals surface area contributed by atoms with Crippen LogP contribution in [0, 0.1) is 17.6 Å². The molecular weight excluding hydrogens is 290 g/mol. The number of aliphatic hydroxyl groups is 1. The Morgan fingerprint density at radius 2 is 1.88 bits per heavy atom. The van der Waals surface area contributed by atoms with Crippen molar-refractivity contribution in [2.45, 2.75) is 38.2 Å². The molecule has 1 unspecified atom stereocenters. The Morgan fingerprint density at radius 3 is 2.53 bits per heavy atom. The fraction of sp³-hybridized carbons (Fsp3) is 0.538. The Labute approximate surface area is 108 Å². The Kier molecular flexibility index (Phi) is 4.15. The molecule has 1 aliphatic rings. The van der Waals surface area contributed by atoms with Crippen molar-refractivity contribution >= 4 is 15.9 Å². The summed E-state index contributed by atoms with van der Waals surface area (Å²) >= 11 is 2.92. The van der Waals surface area contributed by atoms with Gasteiger partial charge in [-0.2, -0.15) is 0 Å². The maximum atomic E-state index is 13.6. The van der Waals surface area contributed by atoms with Crippen LogP contribution in [0.4, 0.5) is 8.78 Å². The van der Waals surface area contributed by atoms with E-state index in [1.54, 1.807) is 0 Å². The highest BCUT2D eigenvalue weighted by Gasteiger charge is 2.22. The zero-order valence-corrected chi connectivity index (χ0v) is 11.0. The van der Waals surface area contributed by atoms with Crippen molar-refractivity contribution < 1.29 is 13.9 Å². The molecule has 0 radical (unpaired) electrons. The van der Waals surface area contributed by atoms with Crippen LogP contribution in [0.25, 0.3) is 0 Å². The van der Waals surface area contributed by atoms with E-state index in [-0.39, 0.29) is 10.0 Å². The van der Waals surface area contributed by atoms with Crippen LogP contribution in [-0.4, -0.2) is 5.11 Å². The summed E-state index contributed by atoms with van der Waals surface area (Å²) in [5, 5.41) is 9.96. The summed E-state index contributed by atoms with van der Waals surface area (Å²) in [7, 11) is 0. The monoisotopic (exact) mass is 304 g/mol. The number of rotatable bonds is 3. The molecule has 0 heterocycles. The summed E-state index contributed by atoms with van der Waals surface area (Å²) in [6.45, 7) is 0. The van der Waals surface area contributed by atoms with Gasteiger partial charge in [0.15, 0.2) is 0 Å². The zero-order valence-electron chi connectivity index (χ0n) is 9.43. The quantitative estimate of drug-likeness (QED) is 0.824. The molecule has 94 valence electrons. The van der Waals surface area contributed by atoms with Gasteiger partial charge in [-0.3, -0.25) is 0 Å². The van der Waals surface area contributed by atoms with E-state index in [0.29, 0.717) is 12.3 Å². The lowest BCUT2D eigenvalue weighted by molar-refractivity contribution is 0.140. The third kappa shape index (κ3) is 3.05. The predicted molar refractivity (Wildman–Crippen MR) is 65.6 cm³/mol. The Balaban J connectivity index is 2.12. The van der Waals surface area contributed by atoms with Gasteiger partial charge in [0.2, 0.25) is 0 Å². The molecule has 1 fully saturated rings. The minimum Gasteiger partial charge on any atom is -0.388 e. The number of halogens is 3. The first-order valence-corrected chi connectivity index (χ1v) is 6.69. The molecule has 17 heavy (non-hydrogen) atoms. The van der Waals surface area contributed by atoms with Gasteiger partial charge in [0.05, 0.1) is 10.6 Å². The zero-order chi connectivity index (χ0) is 12.4. The van der Waals surface area contributed by atoms with Crippen LogP contribution >= 0.6 is 15.9 Å². The van der Waals surface area contributed by atoms with Gasteiger partial charge in [-0.25, -0.2) is 8.78 Å². The average Bonchev–Trinajstić information content (AvgIpc) is 2.76. The summed E-state index contributed by atoms with van der Waals surface area (Å²) in [4.78, 5) is 0. The van der Waals surface area contributed by atoms with E-state index in [2.05, 4.69) is 15.9 Å². The SMILES string of the molecule is OC(CC1CCCC1)c1cc(F)c(Br)cc1F. The predicted octanol–water partition coefficient (Wildman–Crippen LogP) is 4.34. The normalized spacial score (nSPS) is 18.6. The maximum Gasteiger partial charge on any atom is 0.137 e. The Bertz CT molecular complexity index is 403. The standard InChI is InChI=1S/C13H15BrF2O/c14-10-7-11(15)9(6-12(10)16)13(17)5-8-3-1-2-4-8/h6-8,13,17H,1-5H2. The second-order valence-corrected chi connectivity index (χ2v) is 5.54. The molecule has 2 rings (SSSR count). The van der Waals surface area contributed by atoms with Crippen LogP contribution in [0.2, 0.25) is 0 Å². The van der Waals surface area contributed by atoms with Gasteiger partial charge in [-0.15, -0.1) is 0 Å². The Morgan fingerprint density at radius 1 is 1.24 bits per heavy atom. The van der Waals surface area contributed by atoms with Crippen molar-refractivity contribution in [1.29, 1.82) is 0 Å². The van der Waals surface area contributed by atoms with E-state index in [1.165, 1.54) is 12.8 Å². The third-order valence-electron chi connectivity index (χ3n) is 3.43. The lowest BCUT2D eigenvalue weighted by Crippen LogP contribution is -2.07. The smallest absolute Gasteiger partial charge is 0.137 e. The van der Waals surface area contributed by atoms with Crippen molar-refractivity contribution in [3.05, 3.63) is 33.8 Å². The topological polar surface area (TPSA) is 20.2 Å². The first-order chi connectivity index (χ1) is 8.08. The van der Waals surface area contributed by atoms with Gasteiger partial charge < -0.3 is 5.11 Å².